The summed E-state index contributed by atoms with van der Waals surface area (Å²) in [5.41, 5.74) is 0. The molecule has 20 heavy (non-hydrogen) atoms. The minimum Gasteiger partial charge on any atom is -0.322 e. The Morgan fingerprint density at radius 1 is 1.20 bits per heavy atom. The van der Waals surface area contributed by atoms with E-state index in [1.165, 1.54) is 32.1 Å². The van der Waals surface area contributed by atoms with Gasteiger partial charge in [-0.05, 0) is 18.2 Å². The predicted molar refractivity (Wildman–Crippen MR) is 82.4 cm³/mol. The summed E-state index contributed by atoms with van der Waals surface area (Å²) in [4.78, 5) is 24.5. The molecule has 0 aliphatic heterocycles. The highest BCUT2D eigenvalue weighted by molar-refractivity contribution is 8.07. The van der Waals surface area contributed by atoms with Gasteiger partial charge in [0, 0.05) is 6.08 Å². The minimum absolute atomic E-state index is 0.300. The van der Waals surface area contributed by atoms with E-state index >= 15 is 0 Å². The van der Waals surface area contributed by atoms with Crippen LogP contribution in [0.15, 0.2) is 12.7 Å². The second-order valence-electron chi connectivity index (χ2n) is 4.46. The molecule has 0 saturated heterocycles. The number of carbonyl (C=O) groups excluding carboxylic acids is 1. The fraction of sp³-hybridized carbons (Fsp3) is 0.769. The first kappa shape index (κ1) is 19.7. The van der Waals surface area contributed by atoms with E-state index in [0.29, 0.717) is 6.61 Å². The molecule has 0 rings (SSSR count). The van der Waals surface area contributed by atoms with Gasteiger partial charge in [0.1, 0.15) is 0 Å². The van der Waals surface area contributed by atoms with Gasteiger partial charge in [-0.15, -0.1) is 0 Å². The van der Waals surface area contributed by atoms with Crippen LogP contribution < -0.4 is 0 Å². The van der Waals surface area contributed by atoms with Crippen LogP contribution in [0.1, 0.15) is 58.3 Å². The topological polar surface area (TPSA) is 65.0 Å². The van der Waals surface area contributed by atoms with Crippen molar-refractivity contribution in [3.8, 4) is 0 Å². The second-order valence-corrected chi connectivity index (χ2v) is 7.19. The van der Waals surface area contributed by atoms with Gasteiger partial charge in [-0.3, -0.25) is 4.89 Å². The quantitative estimate of drug-likeness (QED) is 0.181. The number of unbranched alkanes of at least 4 members (excludes halogenated alkanes) is 7. The monoisotopic (exact) mass is 324 g/mol. The van der Waals surface area contributed by atoms with E-state index in [-0.39, 0.29) is 0 Å². The lowest BCUT2D eigenvalue weighted by atomic mass is 10.1. The van der Waals surface area contributed by atoms with Gasteiger partial charge in [-0.2, -0.15) is 0 Å². The molecule has 0 aromatic heterocycles. The number of rotatable bonds is 13. The number of carbonyl (C=O) groups is 1. The Balaban J connectivity index is 3.46. The SMILES string of the molecule is C=CC(=O)OOP(O)(=S)OCCCCCCCCCC. The molecular weight excluding hydrogens is 299 g/mol. The smallest absolute Gasteiger partial charge is 0.322 e. The zero-order chi connectivity index (χ0) is 15.3. The molecule has 0 aromatic rings. The lowest BCUT2D eigenvalue weighted by molar-refractivity contribution is -0.212. The van der Waals surface area contributed by atoms with Crippen LogP contribution in [0.25, 0.3) is 0 Å². The highest BCUT2D eigenvalue weighted by Crippen LogP contribution is 2.44. The van der Waals surface area contributed by atoms with Crippen LogP contribution >= 0.6 is 6.72 Å². The summed E-state index contributed by atoms with van der Waals surface area (Å²) in [5, 5.41) is 0. The van der Waals surface area contributed by atoms with Crippen LogP contribution in [0.4, 0.5) is 0 Å². The van der Waals surface area contributed by atoms with Crippen LogP contribution in [0.5, 0.6) is 0 Å². The maximum atomic E-state index is 10.7. The Kier molecular flexibility index (Phi) is 12.3. The Morgan fingerprint density at radius 3 is 2.30 bits per heavy atom. The maximum absolute atomic E-state index is 10.7. The summed E-state index contributed by atoms with van der Waals surface area (Å²) in [6, 6.07) is 0. The van der Waals surface area contributed by atoms with Crippen molar-refractivity contribution >= 4 is 24.5 Å². The average molecular weight is 324 g/mol. The Morgan fingerprint density at radius 2 is 1.75 bits per heavy atom. The van der Waals surface area contributed by atoms with E-state index in [0.717, 1.165) is 25.3 Å². The third-order valence-electron chi connectivity index (χ3n) is 2.63. The summed E-state index contributed by atoms with van der Waals surface area (Å²) in [6.45, 7) is 2.20. The fourth-order valence-electron chi connectivity index (χ4n) is 1.56. The standard InChI is InChI=1S/C13H25O5PS/c1-3-5-6-7-8-9-10-11-12-16-19(15,20)18-17-13(14)4-2/h4H,2-3,5-12H2,1H3,(H,15,20). The van der Waals surface area contributed by atoms with Crippen LogP contribution in [0, 0.1) is 0 Å². The first-order valence-corrected chi connectivity index (χ1v) is 9.61. The van der Waals surface area contributed by atoms with E-state index < -0.39 is 12.7 Å². The minimum atomic E-state index is -3.49. The molecule has 7 heteroatoms. The zero-order valence-corrected chi connectivity index (χ0v) is 13.8. The van der Waals surface area contributed by atoms with E-state index in [1.54, 1.807) is 0 Å². The third kappa shape index (κ3) is 12.8. The number of hydrogen-bond donors (Lipinski definition) is 1. The molecule has 0 aromatic carbocycles. The highest BCUT2D eigenvalue weighted by Gasteiger charge is 2.18. The van der Waals surface area contributed by atoms with Crippen LogP contribution in [0.2, 0.25) is 0 Å². The maximum Gasteiger partial charge on any atom is 0.365 e. The normalized spacial score (nSPS) is 13.7. The first-order chi connectivity index (χ1) is 9.52. The fourth-order valence-corrected chi connectivity index (χ4v) is 2.44. The molecule has 1 N–H and O–H groups in total. The van der Waals surface area contributed by atoms with Gasteiger partial charge < -0.3 is 9.42 Å². The van der Waals surface area contributed by atoms with Crippen molar-refractivity contribution < 1.29 is 23.8 Å². The van der Waals surface area contributed by atoms with Gasteiger partial charge in [0.05, 0.1) is 6.61 Å². The van der Waals surface area contributed by atoms with Gasteiger partial charge in [0.25, 0.3) is 0 Å². The lowest BCUT2D eigenvalue weighted by Crippen LogP contribution is -2.02. The van der Waals surface area contributed by atoms with Crippen molar-refractivity contribution in [1.82, 2.24) is 0 Å². The molecule has 118 valence electrons. The van der Waals surface area contributed by atoms with Crippen LogP contribution in [0.3, 0.4) is 0 Å². The molecule has 0 spiro atoms. The molecule has 0 heterocycles. The van der Waals surface area contributed by atoms with Gasteiger partial charge in [0.2, 0.25) is 0 Å². The van der Waals surface area contributed by atoms with Crippen molar-refractivity contribution in [1.29, 1.82) is 0 Å². The van der Waals surface area contributed by atoms with E-state index in [9.17, 15) is 9.69 Å². The Bertz CT molecular complexity index is 322. The molecule has 0 saturated carbocycles. The van der Waals surface area contributed by atoms with Crippen molar-refractivity contribution in [2.24, 2.45) is 0 Å². The lowest BCUT2D eigenvalue weighted by Gasteiger charge is -2.13. The van der Waals surface area contributed by atoms with Crippen molar-refractivity contribution in [3.63, 3.8) is 0 Å². The highest BCUT2D eigenvalue weighted by atomic mass is 32.5. The molecule has 0 bridgehead atoms. The van der Waals surface area contributed by atoms with E-state index in [1.807, 2.05) is 0 Å². The van der Waals surface area contributed by atoms with Crippen molar-refractivity contribution in [2.45, 2.75) is 58.3 Å². The molecule has 0 amide bonds. The van der Waals surface area contributed by atoms with Gasteiger partial charge in [0.15, 0.2) is 0 Å². The second kappa shape index (κ2) is 12.5. The van der Waals surface area contributed by atoms with Crippen molar-refractivity contribution in [2.75, 3.05) is 6.61 Å². The third-order valence-corrected chi connectivity index (χ3v) is 3.90. The first-order valence-electron chi connectivity index (χ1n) is 7.02. The summed E-state index contributed by atoms with van der Waals surface area (Å²) in [6.07, 6.45) is 10.2. The van der Waals surface area contributed by atoms with Crippen LogP contribution in [-0.2, 0) is 30.7 Å². The molecule has 1 unspecified atom stereocenters. The molecule has 5 nitrogen and oxygen atoms in total. The van der Waals surface area contributed by atoms with Gasteiger partial charge in [-0.25, -0.2) is 4.79 Å². The summed E-state index contributed by atoms with van der Waals surface area (Å²) in [7, 11) is 0. The summed E-state index contributed by atoms with van der Waals surface area (Å²) in [5.74, 6) is -0.816. The molecule has 0 radical (unpaired) electrons. The largest absolute Gasteiger partial charge is 0.365 e. The molecule has 1 atom stereocenters. The summed E-state index contributed by atoms with van der Waals surface area (Å²) < 4.78 is 9.41. The zero-order valence-electron chi connectivity index (χ0n) is 12.1. The molecular formula is C13H25O5PS. The average Bonchev–Trinajstić information content (AvgIpc) is 2.43. The Labute approximate surface area is 126 Å². The van der Waals surface area contributed by atoms with Crippen LogP contribution in [-0.4, -0.2) is 17.5 Å². The van der Waals surface area contributed by atoms with E-state index in [4.69, 9.17) is 4.52 Å². The molecule has 0 fully saturated rings. The van der Waals surface area contributed by atoms with E-state index in [2.05, 4.69) is 34.9 Å². The molecule has 0 aliphatic rings. The van der Waals surface area contributed by atoms with Crippen molar-refractivity contribution in [3.05, 3.63) is 12.7 Å². The van der Waals surface area contributed by atoms with Gasteiger partial charge >= 0.3 is 12.7 Å². The predicted octanol–water partition coefficient (Wildman–Crippen LogP) is 4.02. The summed E-state index contributed by atoms with van der Waals surface area (Å²) >= 11 is 4.67. The molecule has 0 aliphatic carbocycles. The Hall–Kier alpha value is -0.260. The number of hydrogen-bond acceptors (Lipinski definition) is 5. The van der Waals surface area contributed by atoms with Gasteiger partial charge in [-0.1, -0.05) is 63.1 Å².